The number of benzene rings is 4. The van der Waals surface area contributed by atoms with Crippen LogP contribution in [0.4, 0.5) is 0 Å². The van der Waals surface area contributed by atoms with Crippen LogP contribution in [0.1, 0.15) is 15.9 Å². The fourth-order valence-electron chi connectivity index (χ4n) is 4.33. The summed E-state index contributed by atoms with van der Waals surface area (Å²) in [6.07, 6.45) is 1.99. The second-order valence-corrected chi connectivity index (χ2v) is 8.20. The number of carbonyl (C=O) groups excluding carboxylic acids is 1. The van der Waals surface area contributed by atoms with Gasteiger partial charge in [0.1, 0.15) is 5.82 Å². The maximum Gasteiger partial charge on any atom is 0.193 e. The quantitative estimate of drug-likeness (QED) is 0.281. The highest BCUT2D eigenvalue weighted by molar-refractivity contribution is 6.09. The monoisotopic (exact) mass is 439 g/mol. The van der Waals surface area contributed by atoms with Crippen LogP contribution in [0.25, 0.3) is 44.8 Å². The van der Waals surface area contributed by atoms with E-state index in [1.165, 1.54) is 0 Å². The second-order valence-electron chi connectivity index (χ2n) is 8.20. The summed E-state index contributed by atoms with van der Waals surface area (Å²) >= 11 is 0. The van der Waals surface area contributed by atoms with Crippen LogP contribution in [-0.2, 0) is 0 Å². The van der Waals surface area contributed by atoms with Gasteiger partial charge in [0.05, 0.1) is 11.4 Å². The summed E-state index contributed by atoms with van der Waals surface area (Å²) in [6.45, 7) is 0. The Hall–Kier alpha value is -4.70. The lowest BCUT2D eigenvalue weighted by Crippen LogP contribution is -2.00. The maximum absolute atomic E-state index is 12.8. The molecule has 0 aliphatic heterocycles. The van der Waals surface area contributed by atoms with Crippen molar-refractivity contribution >= 4 is 16.7 Å². The number of para-hydroxylation sites is 1. The highest BCUT2D eigenvalue weighted by Crippen LogP contribution is 2.35. The minimum absolute atomic E-state index is 0.0134. The Morgan fingerprint density at radius 1 is 0.647 bits per heavy atom. The molecule has 4 heteroatoms. The van der Waals surface area contributed by atoms with E-state index in [2.05, 4.69) is 34.2 Å². The van der Waals surface area contributed by atoms with E-state index in [4.69, 9.17) is 4.98 Å². The van der Waals surface area contributed by atoms with Gasteiger partial charge in [-0.05, 0) is 6.07 Å². The number of rotatable bonds is 5. The van der Waals surface area contributed by atoms with Crippen LogP contribution in [0.5, 0.6) is 0 Å². The molecule has 2 heterocycles. The van der Waals surface area contributed by atoms with Gasteiger partial charge in [-0.3, -0.25) is 4.79 Å². The molecule has 0 fully saturated rings. The zero-order chi connectivity index (χ0) is 22.9. The lowest BCUT2D eigenvalue weighted by Gasteiger charge is -2.05. The Morgan fingerprint density at radius 3 is 2.06 bits per heavy atom. The number of aromatic amines is 2. The molecular weight excluding hydrogens is 418 g/mol. The molecule has 0 unspecified atom stereocenters. The Morgan fingerprint density at radius 2 is 1.29 bits per heavy atom. The van der Waals surface area contributed by atoms with Crippen LogP contribution in [0, 0.1) is 0 Å². The molecule has 0 saturated heterocycles. The Kier molecular flexibility index (Phi) is 4.89. The number of imidazole rings is 1. The average molecular weight is 440 g/mol. The van der Waals surface area contributed by atoms with Crippen LogP contribution in [0.3, 0.4) is 0 Å². The van der Waals surface area contributed by atoms with Gasteiger partial charge < -0.3 is 9.97 Å². The Labute approximate surface area is 197 Å². The lowest BCUT2D eigenvalue weighted by molar-refractivity contribution is 0.103. The topological polar surface area (TPSA) is 61.5 Å². The molecule has 0 aliphatic carbocycles. The van der Waals surface area contributed by atoms with Crippen molar-refractivity contribution in [2.45, 2.75) is 0 Å². The number of nitrogens with zero attached hydrogens (tertiary/aromatic N) is 1. The molecule has 0 aliphatic rings. The average Bonchev–Trinajstić information content (AvgIpc) is 3.54. The Bertz CT molecular complexity index is 1590. The molecule has 0 saturated carbocycles. The number of aromatic nitrogens is 3. The van der Waals surface area contributed by atoms with Crippen molar-refractivity contribution in [1.29, 1.82) is 0 Å². The standard InChI is InChI=1S/C30H21N3O/c34-29(22-11-5-2-6-12-22)23-17-15-21(16-18-23)28-27(20-9-3-1-4-10-20)32-30(33-28)25-19-31-26-14-8-7-13-24(25)26/h1-19,31H,(H,32,33). The predicted molar refractivity (Wildman–Crippen MR) is 137 cm³/mol. The molecule has 0 bridgehead atoms. The molecule has 6 rings (SSSR count). The fourth-order valence-corrected chi connectivity index (χ4v) is 4.33. The maximum atomic E-state index is 12.8. The van der Waals surface area contributed by atoms with E-state index in [0.29, 0.717) is 11.1 Å². The fraction of sp³-hybridized carbons (Fsp3) is 0. The largest absolute Gasteiger partial charge is 0.360 e. The molecule has 4 nitrogen and oxygen atoms in total. The highest BCUT2D eigenvalue weighted by Gasteiger charge is 2.18. The Balaban J connectivity index is 1.45. The van der Waals surface area contributed by atoms with Crippen LogP contribution >= 0.6 is 0 Å². The highest BCUT2D eigenvalue weighted by atomic mass is 16.1. The van der Waals surface area contributed by atoms with Crippen LogP contribution in [-0.4, -0.2) is 20.7 Å². The minimum Gasteiger partial charge on any atom is -0.360 e. The lowest BCUT2D eigenvalue weighted by atomic mass is 10.00. The molecule has 0 atom stereocenters. The van der Waals surface area contributed by atoms with E-state index in [9.17, 15) is 4.79 Å². The molecule has 0 radical (unpaired) electrons. The van der Waals surface area contributed by atoms with Gasteiger partial charge >= 0.3 is 0 Å². The van der Waals surface area contributed by atoms with Gasteiger partial charge in [0.2, 0.25) is 0 Å². The predicted octanol–water partition coefficient (Wildman–Crippen LogP) is 7.12. The summed E-state index contributed by atoms with van der Waals surface area (Å²) in [6, 6.07) is 35.4. The van der Waals surface area contributed by atoms with E-state index in [1.54, 1.807) is 0 Å². The summed E-state index contributed by atoms with van der Waals surface area (Å²) in [7, 11) is 0. The van der Waals surface area contributed by atoms with Gasteiger partial charge in [0.15, 0.2) is 5.78 Å². The first-order valence-electron chi connectivity index (χ1n) is 11.2. The van der Waals surface area contributed by atoms with Crippen molar-refractivity contribution < 1.29 is 4.79 Å². The van der Waals surface area contributed by atoms with E-state index in [1.807, 2.05) is 91.1 Å². The third kappa shape index (κ3) is 3.51. The van der Waals surface area contributed by atoms with Crippen molar-refractivity contribution in [3.63, 3.8) is 0 Å². The molecule has 4 aromatic carbocycles. The van der Waals surface area contributed by atoms with Gasteiger partial charge in [0, 0.05) is 44.9 Å². The number of hydrogen-bond donors (Lipinski definition) is 2. The molecule has 2 N–H and O–H groups in total. The SMILES string of the molecule is O=C(c1ccccc1)c1ccc(-c2[nH]c(-c3c[nH]c4ccccc34)nc2-c2ccccc2)cc1. The van der Waals surface area contributed by atoms with Crippen LogP contribution in [0.2, 0.25) is 0 Å². The molecule has 2 aromatic heterocycles. The summed E-state index contributed by atoms with van der Waals surface area (Å²) in [4.78, 5) is 24.7. The van der Waals surface area contributed by atoms with Gasteiger partial charge in [-0.2, -0.15) is 0 Å². The number of hydrogen-bond acceptors (Lipinski definition) is 2. The number of fused-ring (bicyclic) bond motifs is 1. The molecule has 0 spiro atoms. The van der Waals surface area contributed by atoms with Crippen molar-refractivity contribution in [2.75, 3.05) is 0 Å². The first-order chi connectivity index (χ1) is 16.8. The summed E-state index contributed by atoms with van der Waals surface area (Å²) < 4.78 is 0. The normalized spacial score (nSPS) is 11.1. The summed E-state index contributed by atoms with van der Waals surface area (Å²) in [5.41, 5.74) is 7.24. The zero-order valence-electron chi connectivity index (χ0n) is 18.3. The van der Waals surface area contributed by atoms with E-state index in [0.717, 1.165) is 44.8 Å². The minimum atomic E-state index is 0.0134. The van der Waals surface area contributed by atoms with Crippen molar-refractivity contribution in [3.05, 3.63) is 127 Å². The van der Waals surface area contributed by atoms with Crippen LogP contribution < -0.4 is 0 Å². The van der Waals surface area contributed by atoms with Crippen molar-refractivity contribution in [1.82, 2.24) is 15.0 Å². The first-order valence-corrected chi connectivity index (χ1v) is 11.2. The number of nitrogens with one attached hydrogen (secondary N) is 2. The van der Waals surface area contributed by atoms with Gasteiger partial charge in [-0.15, -0.1) is 0 Å². The third-order valence-electron chi connectivity index (χ3n) is 6.07. The summed E-state index contributed by atoms with van der Waals surface area (Å²) in [5.74, 6) is 0.815. The van der Waals surface area contributed by atoms with Crippen molar-refractivity contribution in [2.24, 2.45) is 0 Å². The first kappa shape index (κ1) is 19.9. The molecule has 6 aromatic rings. The van der Waals surface area contributed by atoms with E-state index in [-0.39, 0.29) is 5.78 Å². The summed E-state index contributed by atoms with van der Waals surface area (Å²) in [5, 5.41) is 1.12. The van der Waals surface area contributed by atoms with Gasteiger partial charge in [0.25, 0.3) is 0 Å². The van der Waals surface area contributed by atoms with Gasteiger partial charge in [-0.1, -0.05) is 103 Å². The van der Waals surface area contributed by atoms with Crippen molar-refractivity contribution in [3.8, 4) is 33.9 Å². The molecular formula is C30H21N3O. The number of ketones is 1. The van der Waals surface area contributed by atoms with Crippen LogP contribution in [0.15, 0.2) is 115 Å². The number of H-pyrrole nitrogens is 2. The van der Waals surface area contributed by atoms with E-state index < -0.39 is 0 Å². The second kappa shape index (κ2) is 8.34. The molecule has 34 heavy (non-hydrogen) atoms. The van der Waals surface area contributed by atoms with Gasteiger partial charge in [-0.25, -0.2) is 4.98 Å². The van der Waals surface area contributed by atoms with E-state index >= 15 is 0 Å². The zero-order valence-corrected chi connectivity index (χ0v) is 18.3. The molecule has 0 amide bonds. The molecule has 162 valence electrons. The number of carbonyl (C=O) groups is 1. The third-order valence-corrected chi connectivity index (χ3v) is 6.07. The smallest absolute Gasteiger partial charge is 0.193 e.